The van der Waals surface area contributed by atoms with E-state index in [9.17, 15) is 18.8 Å². The largest absolute Gasteiger partial charge is 0.354 e. The van der Waals surface area contributed by atoms with Gasteiger partial charge in [0.1, 0.15) is 12.4 Å². The second-order valence-corrected chi connectivity index (χ2v) is 5.93. The summed E-state index contributed by atoms with van der Waals surface area (Å²) in [4.78, 5) is 37.4. The summed E-state index contributed by atoms with van der Waals surface area (Å²) in [6.07, 6.45) is 0.537. The number of benzene rings is 2. The summed E-state index contributed by atoms with van der Waals surface area (Å²) in [6, 6.07) is 11.3. The van der Waals surface area contributed by atoms with Crippen LogP contribution in [0.2, 0.25) is 0 Å². The highest BCUT2D eigenvalue weighted by molar-refractivity contribution is 6.22. The maximum absolute atomic E-state index is 13.2. The maximum Gasteiger partial charge on any atom is 0.262 e. The van der Waals surface area contributed by atoms with Crippen molar-refractivity contribution in [3.63, 3.8) is 0 Å². The SMILES string of the molecule is Cc1cc(CCNC(=O)CN2C(=O)c3ccccc3C2=O)ccc1F. The summed E-state index contributed by atoms with van der Waals surface area (Å²) in [7, 11) is 0. The van der Waals surface area contributed by atoms with Gasteiger partial charge in [0.2, 0.25) is 5.91 Å². The molecule has 2 aromatic rings. The Balaban J connectivity index is 1.54. The number of nitrogens with zero attached hydrogens (tertiary/aromatic N) is 1. The molecule has 0 atom stereocenters. The van der Waals surface area contributed by atoms with Gasteiger partial charge < -0.3 is 5.32 Å². The lowest BCUT2D eigenvalue weighted by Gasteiger charge is -2.13. The van der Waals surface area contributed by atoms with Gasteiger partial charge in [-0.3, -0.25) is 19.3 Å². The fourth-order valence-corrected chi connectivity index (χ4v) is 2.79. The zero-order valence-corrected chi connectivity index (χ0v) is 13.7. The lowest BCUT2D eigenvalue weighted by atomic mass is 10.1. The van der Waals surface area contributed by atoms with Gasteiger partial charge in [-0.05, 0) is 42.7 Å². The highest BCUT2D eigenvalue weighted by Gasteiger charge is 2.36. The van der Waals surface area contributed by atoms with E-state index >= 15 is 0 Å². The molecule has 1 N–H and O–H groups in total. The van der Waals surface area contributed by atoms with E-state index in [0.29, 0.717) is 29.7 Å². The number of hydrogen-bond donors (Lipinski definition) is 1. The van der Waals surface area contributed by atoms with Crippen molar-refractivity contribution in [3.05, 3.63) is 70.5 Å². The van der Waals surface area contributed by atoms with E-state index in [0.717, 1.165) is 10.5 Å². The molecule has 1 heterocycles. The van der Waals surface area contributed by atoms with Gasteiger partial charge in [-0.15, -0.1) is 0 Å². The molecule has 0 fully saturated rings. The van der Waals surface area contributed by atoms with Crippen molar-refractivity contribution in [2.45, 2.75) is 13.3 Å². The van der Waals surface area contributed by atoms with Gasteiger partial charge in [-0.2, -0.15) is 0 Å². The zero-order valence-electron chi connectivity index (χ0n) is 13.7. The van der Waals surface area contributed by atoms with Crippen molar-refractivity contribution in [2.24, 2.45) is 0 Å². The van der Waals surface area contributed by atoms with Crippen LogP contribution in [-0.4, -0.2) is 35.7 Å². The molecule has 0 saturated heterocycles. The van der Waals surface area contributed by atoms with Crippen LogP contribution in [0.1, 0.15) is 31.8 Å². The van der Waals surface area contributed by atoms with Crippen LogP contribution in [0, 0.1) is 12.7 Å². The first-order valence-corrected chi connectivity index (χ1v) is 7.94. The molecule has 0 radical (unpaired) electrons. The molecule has 3 amide bonds. The monoisotopic (exact) mass is 340 g/mol. The lowest BCUT2D eigenvalue weighted by molar-refractivity contribution is -0.121. The molecule has 0 saturated carbocycles. The number of rotatable bonds is 5. The van der Waals surface area contributed by atoms with Crippen molar-refractivity contribution in [2.75, 3.05) is 13.1 Å². The van der Waals surface area contributed by atoms with E-state index in [2.05, 4.69) is 5.32 Å². The number of imide groups is 1. The average molecular weight is 340 g/mol. The van der Waals surface area contributed by atoms with E-state index in [1.165, 1.54) is 6.07 Å². The Hall–Kier alpha value is -3.02. The third kappa shape index (κ3) is 3.42. The Morgan fingerprint density at radius 1 is 1.08 bits per heavy atom. The number of carbonyl (C=O) groups is 3. The van der Waals surface area contributed by atoms with Crippen molar-refractivity contribution in [1.82, 2.24) is 10.2 Å². The van der Waals surface area contributed by atoms with Gasteiger partial charge in [0.05, 0.1) is 11.1 Å². The minimum Gasteiger partial charge on any atom is -0.354 e. The molecule has 3 rings (SSSR count). The molecule has 1 aliphatic heterocycles. The average Bonchev–Trinajstić information content (AvgIpc) is 2.83. The molecule has 128 valence electrons. The summed E-state index contributed by atoms with van der Waals surface area (Å²) >= 11 is 0. The molecule has 25 heavy (non-hydrogen) atoms. The minimum atomic E-state index is -0.454. The predicted molar refractivity (Wildman–Crippen MR) is 89.7 cm³/mol. The van der Waals surface area contributed by atoms with Crippen molar-refractivity contribution < 1.29 is 18.8 Å². The predicted octanol–water partition coefficient (Wildman–Crippen LogP) is 2.09. The number of amides is 3. The lowest BCUT2D eigenvalue weighted by Crippen LogP contribution is -2.40. The van der Waals surface area contributed by atoms with Crippen LogP contribution in [0.25, 0.3) is 0 Å². The van der Waals surface area contributed by atoms with Crippen LogP contribution in [0.15, 0.2) is 42.5 Å². The summed E-state index contributed by atoms with van der Waals surface area (Å²) in [5, 5.41) is 2.68. The maximum atomic E-state index is 13.2. The fourth-order valence-electron chi connectivity index (χ4n) is 2.79. The highest BCUT2D eigenvalue weighted by Crippen LogP contribution is 2.21. The van der Waals surface area contributed by atoms with Crippen LogP contribution in [0.4, 0.5) is 4.39 Å². The standard InChI is InChI=1S/C19H17FN2O3/c1-12-10-13(6-7-16(12)20)8-9-21-17(23)11-22-18(24)14-4-2-3-5-15(14)19(22)25/h2-7,10H,8-9,11H2,1H3,(H,21,23). The van der Waals surface area contributed by atoms with E-state index in [1.807, 2.05) is 0 Å². The number of fused-ring (bicyclic) bond motifs is 1. The molecule has 5 nitrogen and oxygen atoms in total. The molecule has 0 unspecified atom stereocenters. The van der Waals surface area contributed by atoms with E-state index in [1.54, 1.807) is 43.3 Å². The summed E-state index contributed by atoms with van der Waals surface area (Å²) in [5.41, 5.74) is 2.10. The van der Waals surface area contributed by atoms with Gasteiger partial charge in [-0.25, -0.2) is 4.39 Å². The minimum absolute atomic E-state index is 0.265. The van der Waals surface area contributed by atoms with Crippen LogP contribution in [0.5, 0.6) is 0 Å². The molecular formula is C19H17FN2O3. The number of aryl methyl sites for hydroxylation is 1. The quantitative estimate of drug-likeness (QED) is 0.848. The highest BCUT2D eigenvalue weighted by atomic mass is 19.1. The Labute approximate surface area is 144 Å². The van der Waals surface area contributed by atoms with Gasteiger partial charge >= 0.3 is 0 Å². The number of nitrogens with one attached hydrogen (secondary N) is 1. The van der Waals surface area contributed by atoms with Crippen LogP contribution < -0.4 is 5.32 Å². The molecule has 0 spiro atoms. The van der Waals surface area contributed by atoms with Crippen molar-refractivity contribution in [1.29, 1.82) is 0 Å². The second-order valence-electron chi connectivity index (χ2n) is 5.93. The Morgan fingerprint density at radius 3 is 2.32 bits per heavy atom. The van der Waals surface area contributed by atoms with Crippen molar-refractivity contribution >= 4 is 17.7 Å². The first kappa shape index (κ1) is 16.8. The Kier molecular flexibility index (Phi) is 4.61. The third-order valence-electron chi connectivity index (χ3n) is 4.14. The van der Waals surface area contributed by atoms with Crippen LogP contribution in [0.3, 0.4) is 0 Å². The summed E-state index contributed by atoms with van der Waals surface area (Å²) < 4.78 is 13.2. The van der Waals surface area contributed by atoms with Gasteiger partial charge in [0.25, 0.3) is 11.8 Å². The normalized spacial score (nSPS) is 13.1. The second kappa shape index (κ2) is 6.84. The van der Waals surface area contributed by atoms with Crippen LogP contribution in [-0.2, 0) is 11.2 Å². The molecule has 0 aromatic heterocycles. The van der Waals surface area contributed by atoms with Crippen molar-refractivity contribution in [3.8, 4) is 0 Å². The third-order valence-corrected chi connectivity index (χ3v) is 4.14. The first-order chi connectivity index (χ1) is 12.0. The van der Waals surface area contributed by atoms with Gasteiger partial charge in [0, 0.05) is 6.54 Å². The topological polar surface area (TPSA) is 66.5 Å². The van der Waals surface area contributed by atoms with Gasteiger partial charge in [0.15, 0.2) is 0 Å². The summed E-state index contributed by atoms with van der Waals surface area (Å²) in [6.45, 7) is 1.71. The molecule has 6 heteroatoms. The van der Waals surface area contributed by atoms with Crippen LogP contribution >= 0.6 is 0 Å². The zero-order chi connectivity index (χ0) is 18.0. The smallest absolute Gasteiger partial charge is 0.262 e. The van der Waals surface area contributed by atoms with E-state index in [-0.39, 0.29) is 12.4 Å². The molecule has 0 bridgehead atoms. The number of hydrogen-bond acceptors (Lipinski definition) is 3. The fraction of sp³-hybridized carbons (Fsp3) is 0.211. The summed E-state index contributed by atoms with van der Waals surface area (Å²) in [5.74, 6) is -1.58. The molecule has 2 aromatic carbocycles. The molecule has 0 aliphatic carbocycles. The van der Waals surface area contributed by atoms with E-state index < -0.39 is 17.7 Å². The van der Waals surface area contributed by atoms with Gasteiger partial charge in [-0.1, -0.05) is 24.3 Å². The first-order valence-electron chi connectivity index (χ1n) is 7.94. The number of halogens is 1. The molecule has 1 aliphatic rings. The Morgan fingerprint density at radius 2 is 1.72 bits per heavy atom. The van der Waals surface area contributed by atoms with E-state index in [4.69, 9.17) is 0 Å². The molecular weight excluding hydrogens is 323 g/mol. The Bertz CT molecular complexity index is 828. The number of carbonyl (C=O) groups excluding carboxylic acids is 3.